The molecule has 0 aromatic carbocycles. The number of aromatic nitrogens is 1. The van der Waals surface area contributed by atoms with Gasteiger partial charge in [0.1, 0.15) is 6.20 Å². The van der Waals surface area contributed by atoms with Gasteiger partial charge in [-0.1, -0.05) is 0 Å². The Bertz CT molecular complexity index is 715. The zero-order valence-corrected chi connectivity index (χ0v) is 11.1. The smallest absolute Gasteiger partial charge is 0.397 e. The first-order chi connectivity index (χ1) is 9.64. The molecule has 0 unspecified atom stereocenters. The number of alkyl halides is 6. The average molecular weight is 375 g/mol. The van der Waals surface area contributed by atoms with Crippen molar-refractivity contribution in [3.05, 3.63) is 22.0 Å². The minimum atomic E-state index is -5.72. The van der Waals surface area contributed by atoms with Crippen LogP contribution >= 0.6 is 10.7 Å². The van der Waals surface area contributed by atoms with Crippen LogP contribution in [0.3, 0.4) is 0 Å². The Morgan fingerprint density at radius 2 is 1.73 bits per heavy atom. The SMILES string of the molecule is O=[N+]([O-])c1cnc(C(F)(F)F)c(S(=O)(=O)Cl)c1OC(F)(F)F. The van der Waals surface area contributed by atoms with Crippen molar-refractivity contribution < 1.29 is 44.4 Å². The van der Waals surface area contributed by atoms with Gasteiger partial charge in [0.2, 0.25) is 5.75 Å². The van der Waals surface area contributed by atoms with E-state index < -0.39 is 48.5 Å². The molecule has 0 fully saturated rings. The third kappa shape index (κ3) is 4.09. The number of halogens is 7. The number of rotatable bonds is 3. The molecule has 0 bridgehead atoms. The van der Waals surface area contributed by atoms with Crippen LogP contribution in [-0.2, 0) is 15.2 Å². The van der Waals surface area contributed by atoms with E-state index in [1.54, 1.807) is 0 Å². The summed E-state index contributed by atoms with van der Waals surface area (Å²) >= 11 is 0. The molecule has 0 aliphatic carbocycles. The van der Waals surface area contributed by atoms with E-state index in [0.717, 1.165) is 0 Å². The maximum atomic E-state index is 12.6. The Morgan fingerprint density at radius 1 is 1.23 bits per heavy atom. The second-order valence-electron chi connectivity index (χ2n) is 3.39. The summed E-state index contributed by atoms with van der Waals surface area (Å²) in [4.78, 5) is 9.09. The maximum absolute atomic E-state index is 12.6. The van der Waals surface area contributed by atoms with Gasteiger partial charge < -0.3 is 4.74 Å². The van der Waals surface area contributed by atoms with E-state index in [9.17, 15) is 44.9 Å². The summed E-state index contributed by atoms with van der Waals surface area (Å²) in [6.07, 6.45) is -11.5. The van der Waals surface area contributed by atoms with Crippen LogP contribution < -0.4 is 4.74 Å². The van der Waals surface area contributed by atoms with Gasteiger partial charge in [-0.3, -0.25) is 10.1 Å². The van der Waals surface area contributed by atoms with Crippen LogP contribution in [0.15, 0.2) is 11.1 Å². The highest BCUT2D eigenvalue weighted by Gasteiger charge is 2.46. The van der Waals surface area contributed by atoms with Crippen LogP contribution in [-0.4, -0.2) is 24.7 Å². The summed E-state index contributed by atoms with van der Waals surface area (Å²) in [5, 5.41) is 10.5. The van der Waals surface area contributed by atoms with Crippen molar-refractivity contribution in [3.63, 3.8) is 0 Å². The van der Waals surface area contributed by atoms with Gasteiger partial charge in [0.25, 0.3) is 9.05 Å². The van der Waals surface area contributed by atoms with E-state index in [2.05, 4.69) is 20.4 Å². The van der Waals surface area contributed by atoms with Gasteiger partial charge in [-0.25, -0.2) is 13.4 Å². The number of nitro groups is 1. The van der Waals surface area contributed by atoms with Gasteiger partial charge >= 0.3 is 18.2 Å². The highest BCUT2D eigenvalue weighted by molar-refractivity contribution is 8.13. The summed E-state index contributed by atoms with van der Waals surface area (Å²) in [6.45, 7) is 0. The molecule has 1 rings (SSSR count). The lowest BCUT2D eigenvalue weighted by atomic mass is 10.3. The Balaban J connectivity index is 3.91. The second kappa shape index (κ2) is 5.42. The summed E-state index contributed by atoms with van der Waals surface area (Å²) < 4.78 is 99.8. The fraction of sp³-hybridized carbons (Fsp3) is 0.286. The fourth-order valence-electron chi connectivity index (χ4n) is 1.24. The number of hydrogen-bond acceptors (Lipinski definition) is 6. The molecule has 0 aliphatic rings. The molecule has 0 amide bonds. The lowest BCUT2D eigenvalue weighted by Crippen LogP contribution is -2.22. The van der Waals surface area contributed by atoms with Crippen molar-refractivity contribution in [2.75, 3.05) is 0 Å². The van der Waals surface area contributed by atoms with Crippen LogP contribution in [0.25, 0.3) is 0 Å². The standard InChI is InChI=1S/C7HClF6N2O5S/c8-22(19,20)4-3(21-7(12,13)14)2(16(17)18)1-15-5(4)6(9,10)11/h1H. The Hall–Kier alpha value is -1.83. The van der Waals surface area contributed by atoms with Crippen molar-refractivity contribution in [1.82, 2.24) is 4.98 Å². The summed E-state index contributed by atoms with van der Waals surface area (Å²) in [6, 6.07) is 0. The Morgan fingerprint density at radius 3 is 2.05 bits per heavy atom. The van der Waals surface area contributed by atoms with E-state index in [-0.39, 0.29) is 6.20 Å². The van der Waals surface area contributed by atoms with Crippen LogP contribution in [0.4, 0.5) is 32.0 Å². The Labute approximate surface area is 121 Å². The predicted octanol–water partition coefficient (Wildman–Crippen LogP) is 2.83. The first kappa shape index (κ1) is 18.2. The van der Waals surface area contributed by atoms with Crippen molar-refractivity contribution in [3.8, 4) is 5.75 Å². The summed E-state index contributed by atoms with van der Waals surface area (Å²) in [7, 11) is -0.873. The molecule has 0 radical (unpaired) electrons. The molecule has 124 valence electrons. The third-order valence-electron chi connectivity index (χ3n) is 1.90. The lowest BCUT2D eigenvalue weighted by Gasteiger charge is -2.15. The number of nitrogens with zero attached hydrogens (tertiary/aromatic N) is 2. The molecule has 0 N–H and O–H groups in total. The first-order valence-electron chi connectivity index (χ1n) is 4.59. The van der Waals surface area contributed by atoms with Crippen molar-refractivity contribution in [2.45, 2.75) is 17.4 Å². The topological polar surface area (TPSA) is 99.4 Å². The molecular formula is C7HClF6N2O5S. The normalized spacial score (nSPS) is 13.0. The zero-order chi connectivity index (χ0) is 17.5. The molecule has 7 nitrogen and oxygen atoms in total. The van der Waals surface area contributed by atoms with E-state index in [1.165, 1.54) is 0 Å². The summed E-state index contributed by atoms with van der Waals surface area (Å²) in [5.41, 5.74) is -4.14. The highest BCUT2D eigenvalue weighted by atomic mass is 35.7. The molecule has 15 heteroatoms. The van der Waals surface area contributed by atoms with Crippen LogP contribution in [0.5, 0.6) is 5.75 Å². The largest absolute Gasteiger partial charge is 0.573 e. The maximum Gasteiger partial charge on any atom is 0.573 e. The predicted molar refractivity (Wildman–Crippen MR) is 55.6 cm³/mol. The molecule has 1 aromatic rings. The average Bonchev–Trinajstić information content (AvgIpc) is 2.22. The number of hydrogen-bond donors (Lipinski definition) is 0. The van der Waals surface area contributed by atoms with E-state index in [1.807, 2.05) is 0 Å². The lowest BCUT2D eigenvalue weighted by molar-refractivity contribution is -0.389. The van der Waals surface area contributed by atoms with Crippen LogP contribution in [0.2, 0.25) is 0 Å². The zero-order valence-electron chi connectivity index (χ0n) is 9.57. The van der Waals surface area contributed by atoms with E-state index >= 15 is 0 Å². The molecule has 0 spiro atoms. The fourth-order valence-corrected chi connectivity index (χ4v) is 2.44. The number of ether oxygens (including phenoxy) is 1. The molecule has 0 atom stereocenters. The minimum Gasteiger partial charge on any atom is -0.397 e. The van der Waals surface area contributed by atoms with Crippen LogP contribution in [0, 0.1) is 10.1 Å². The van der Waals surface area contributed by atoms with Crippen molar-refractivity contribution in [1.29, 1.82) is 0 Å². The van der Waals surface area contributed by atoms with Gasteiger partial charge in [-0.15, -0.1) is 13.2 Å². The first-order valence-corrected chi connectivity index (χ1v) is 6.90. The van der Waals surface area contributed by atoms with Crippen molar-refractivity contribution in [2.24, 2.45) is 0 Å². The monoisotopic (exact) mass is 374 g/mol. The molecule has 1 heterocycles. The van der Waals surface area contributed by atoms with E-state index in [0.29, 0.717) is 0 Å². The molecule has 0 saturated heterocycles. The molecule has 0 saturated carbocycles. The van der Waals surface area contributed by atoms with Gasteiger partial charge in [0.05, 0.1) is 4.92 Å². The van der Waals surface area contributed by atoms with Gasteiger partial charge in [-0.2, -0.15) is 13.2 Å². The van der Waals surface area contributed by atoms with Crippen LogP contribution in [0.1, 0.15) is 5.69 Å². The summed E-state index contributed by atoms with van der Waals surface area (Å²) in [5.74, 6) is -2.23. The molecule has 0 aliphatic heterocycles. The highest BCUT2D eigenvalue weighted by Crippen LogP contribution is 2.44. The molecule has 1 aromatic heterocycles. The van der Waals surface area contributed by atoms with Gasteiger partial charge in [0.15, 0.2) is 10.6 Å². The number of pyridine rings is 1. The van der Waals surface area contributed by atoms with Gasteiger partial charge in [-0.05, 0) is 0 Å². The molecular weight excluding hydrogens is 374 g/mol. The Kier molecular flexibility index (Phi) is 4.49. The van der Waals surface area contributed by atoms with E-state index in [4.69, 9.17) is 0 Å². The van der Waals surface area contributed by atoms with Gasteiger partial charge in [0, 0.05) is 10.7 Å². The minimum absolute atomic E-state index is 0.227. The van der Waals surface area contributed by atoms with Crippen molar-refractivity contribution >= 4 is 25.4 Å². The molecule has 22 heavy (non-hydrogen) atoms. The quantitative estimate of drug-likeness (QED) is 0.349. The third-order valence-corrected chi connectivity index (χ3v) is 3.23. The second-order valence-corrected chi connectivity index (χ2v) is 5.89.